The number of aromatic nitrogens is 6. The Kier molecular flexibility index (Phi) is 5.34. The molecule has 0 aliphatic heterocycles. The average Bonchev–Trinajstić information content (AvgIpc) is 3.26. The van der Waals surface area contributed by atoms with Gasteiger partial charge in [-0.2, -0.15) is 4.98 Å². The van der Waals surface area contributed by atoms with Crippen LogP contribution in [-0.4, -0.2) is 29.9 Å². The highest BCUT2D eigenvalue weighted by Crippen LogP contribution is 2.28. The smallest absolute Gasteiger partial charge is 0.257 e. The molecular formula is C18H14Cl2N6OS. The number of pyridine rings is 1. The largest absolute Gasteiger partial charge is 0.334 e. The van der Waals surface area contributed by atoms with E-state index in [-0.39, 0.29) is 0 Å². The number of hydrogen-bond donors (Lipinski definition) is 0. The van der Waals surface area contributed by atoms with Crippen LogP contribution in [0.1, 0.15) is 11.4 Å². The molecule has 0 saturated carbocycles. The monoisotopic (exact) mass is 432 g/mol. The first-order valence-corrected chi connectivity index (χ1v) is 9.99. The first kappa shape index (κ1) is 18.9. The lowest BCUT2D eigenvalue weighted by atomic mass is 10.1. The molecule has 4 aromatic rings. The second-order valence-corrected chi connectivity index (χ2v) is 7.76. The van der Waals surface area contributed by atoms with Crippen LogP contribution in [0.15, 0.2) is 46.1 Å². The Balaban J connectivity index is 1.50. The van der Waals surface area contributed by atoms with E-state index in [0.29, 0.717) is 38.8 Å². The first-order chi connectivity index (χ1) is 13.5. The predicted octanol–water partition coefficient (Wildman–Crippen LogP) is 4.83. The minimum atomic E-state index is 0.301. The normalized spacial score (nSPS) is 11.1. The van der Waals surface area contributed by atoms with Crippen molar-refractivity contribution >= 4 is 35.0 Å². The molecule has 0 aliphatic carbocycles. The fourth-order valence-electron chi connectivity index (χ4n) is 2.62. The Hall–Kier alpha value is -2.42. The third-order valence-corrected chi connectivity index (χ3v) is 5.32. The maximum absolute atomic E-state index is 5.98. The van der Waals surface area contributed by atoms with Gasteiger partial charge in [-0.3, -0.25) is 0 Å². The third kappa shape index (κ3) is 4.04. The van der Waals surface area contributed by atoms with Crippen molar-refractivity contribution in [2.75, 3.05) is 0 Å². The van der Waals surface area contributed by atoms with Crippen molar-refractivity contribution in [1.82, 2.24) is 29.9 Å². The number of thioether (sulfide) groups is 1. The van der Waals surface area contributed by atoms with Crippen molar-refractivity contribution < 1.29 is 4.52 Å². The van der Waals surface area contributed by atoms with Gasteiger partial charge in [0.2, 0.25) is 0 Å². The van der Waals surface area contributed by atoms with Gasteiger partial charge >= 0.3 is 0 Å². The molecular weight excluding hydrogens is 419 g/mol. The quantitative estimate of drug-likeness (QED) is 0.329. The maximum Gasteiger partial charge on any atom is 0.257 e. The maximum atomic E-state index is 5.98. The van der Waals surface area contributed by atoms with E-state index in [2.05, 4.69) is 25.3 Å². The van der Waals surface area contributed by atoms with Gasteiger partial charge < -0.3 is 9.09 Å². The second-order valence-electron chi connectivity index (χ2n) is 6.04. The molecule has 3 aromatic heterocycles. The SMILES string of the molecule is Cc1cccc(-c2nc(CSc3nnc(-c4cc(Cl)nc(Cl)c4)n3C)no2)c1. The zero-order valence-electron chi connectivity index (χ0n) is 14.9. The van der Waals surface area contributed by atoms with E-state index in [1.807, 2.05) is 42.8 Å². The summed E-state index contributed by atoms with van der Waals surface area (Å²) in [6.45, 7) is 2.02. The van der Waals surface area contributed by atoms with Gasteiger partial charge in [0.1, 0.15) is 10.3 Å². The Morgan fingerprint density at radius 1 is 1.04 bits per heavy atom. The van der Waals surface area contributed by atoms with Crippen molar-refractivity contribution in [3.63, 3.8) is 0 Å². The average molecular weight is 433 g/mol. The molecule has 3 heterocycles. The topological polar surface area (TPSA) is 82.5 Å². The Morgan fingerprint density at radius 3 is 2.57 bits per heavy atom. The van der Waals surface area contributed by atoms with E-state index in [9.17, 15) is 0 Å². The molecule has 28 heavy (non-hydrogen) atoms. The van der Waals surface area contributed by atoms with Crippen LogP contribution >= 0.6 is 35.0 Å². The lowest BCUT2D eigenvalue weighted by Crippen LogP contribution is -1.96. The third-order valence-electron chi connectivity index (χ3n) is 3.92. The van der Waals surface area contributed by atoms with Gasteiger partial charge in [0.05, 0.1) is 5.75 Å². The Labute approximate surface area is 175 Å². The number of nitrogens with zero attached hydrogens (tertiary/aromatic N) is 6. The minimum Gasteiger partial charge on any atom is -0.334 e. The molecule has 0 saturated heterocycles. The molecule has 0 fully saturated rings. The summed E-state index contributed by atoms with van der Waals surface area (Å²) in [5, 5.41) is 13.8. The summed E-state index contributed by atoms with van der Waals surface area (Å²) in [6, 6.07) is 11.3. The summed E-state index contributed by atoms with van der Waals surface area (Å²) in [5.41, 5.74) is 2.78. The van der Waals surface area contributed by atoms with Gasteiger partial charge in [-0.15, -0.1) is 10.2 Å². The molecule has 0 bridgehead atoms. The first-order valence-electron chi connectivity index (χ1n) is 8.25. The predicted molar refractivity (Wildman–Crippen MR) is 108 cm³/mol. The van der Waals surface area contributed by atoms with Crippen molar-refractivity contribution in [2.45, 2.75) is 17.8 Å². The van der Waals surface area contributed by atoms with Gasteiger partial charge in [-0.25, -0.2) is 4.98 Å². The highest BCUT2D eigenvalue weighted by molar-refractivity contribution is 7.98. The molecule has 1 aromatic carbocycles. The number of halogens is 2. The van der Waals surface area contributed by atoms with E-state index >= 15 is 0 Å². The summed E-state index contributed by atoms with van der Waals surface area (Å²) >= 11 is 13.4. The molecule has 4 rings (SSSR count). The molecule has 142 valence electrons. The summed E-state index contributed by atoms with van der Waals surface area (Å²) in [4.78, 5) is 8.40. The van der Waals surface area contributed by atoms with Crippen molar-refractivity contribution in [3.05, 3.63) is 58.1 Å². The lowest BCUT2D eigenvalue weighted by Gasteiger charge is -2.04. The van der Waals surface area contributed by atoms with Crippen LogP contribution in [0.5, 0.6) is 0 Å². The van der Waals surface area contributed by atoms with E-state index < -0.39 is 0 Å². The number of rotatable bonds is 5. The lowest BCUT2D eigenvalue weighted by molar-refractivity contribution is 0.425. The Bertz CT molecular complexity index is 1120. The molecule has 0 aliphatic rings. The Morgan fingerprint density at radius 2 is 1.82 bits per heavy atom. The highest BCUT2D eigenvalue weighted by atomic mass is 35.5. The molecule has 0 atom stereocenters. The molecule has 0 spiro atoms. The van der Waals surface area contributed by atoms with Crippen LogP contribution in [0.3, 0.4) is 0 Å². The van der Waals surface area contributed by atoms with Gasteiger partial charge in [-0.1, -0.05) is 57.8 Å². The standard InChI is InChI=1S/C18H14Cl2N6OS/c1-10-4-3-5-11(6-10)17-22-15(25-27-17)9-28-18-24-23-16(26(18)2)12-7-13(19)21-14(20)8-12/h3-8H,9H2,1-2H3. The molecule has 0 unspecified atom stereocenters. The van der Waals surface area contributed by atoms with Crippen LogP contribution in [0.4, 0.5) is 0 Å². The summed E-state index contributed by atoms with van der Waals surface area (Å²) in [7, 11) is 1.87. The van der Waals surface area contributed by atoms with Crippen molar-refractivity contribution in [1.29, 1.82) is 0 Å². The minimum absolute atomic E-state index is 0.301. The summed E-state index contributed by atoms with van der Waals surface area (Å²) < 4.78 is 7.23. The van der Waals surface area contributed by atoms with Crippen molar-refractivity contribution in [2.24, 2.45) is 7.05 Å². The van der Waals surface area contributed by atoms with E-state index in [1.165, 1.54) is 11.8 Å². The highest BCUT2D eigenvalue weighted by Gasteiger charge is 2.15. The van der Waals surface area contributed by atoms with Crippen LogP contribution < -0.4 is 0 Å². The number of benzene rings is 1. The van der Waals surface area contributed by atoms with Gasteiger partial charge in [0.15, 0.2) is 16.8 Å². The van der Waals surface area contributed by atoms with Crippen LogP contribution in [0, 0.1) is 6.92 Å². The van der Waals surface area contributed by atoms with Crippen LogP contribution in [0.25, 0.3) is 22.8 Å². The molecule has 10 heteroatoms. The number of hydrogen-bond acceptors (Lipinski definition) is 7. The molecule has 7 nitrogen and oxygen atoms in total. The summed E-state index contributed by atoms with van der Waals surface area (Å²) in [5.74, 6) is 2.22. The van der Waals surface area contributed by atoms with Gasteiger partial charge in [0.25, 0.3) is 5.89 Å². The molecule has 0 radical (unpaired) electrons. The van der Waals surface area contributed by atoms with Crippen molar-refractivity contribution in [3.8, 4) is 22.8 Å². The number of aryl methyl sites for hydroxylation is 1. The molecule has 0 amide bonds. The van der Waals surface area contributed by atoms with Crippen LogP contribution in [0.2, 0.25) is 10.3 Å². The van der Waals surface area contributed by atoms with Gasteiger partial charge in [0, 0.05) is 18.2 Å². The van der Waals surface area contributed by atoms with E-state index in [4.69, 9.17) is 27.7 Å². The molecule has 0 N–H and O–H groups in total. The summed E-state index contributed by atoms with van der Waals surface area (Å²) in [6.07, 6.45) is 0. The van der Waals surface area contributed by atoms with Gasteiger partial charge in [-0.05, 0) is 31.2 Å². The van der Waals surface area contributed by atoms with E-state index in [0.717, 1.165) is 16.7 Å². The fraction of sp³-hybridized carbons (Fsp3) is 0.167. The second kappa shape index (κ2) is 7.90. The zero-order valence-corrected chi connectivity index (χ0v) is 17.3. The van der Waals surface area contributed by atoms with E-state index in [1.54, 1.807) is 12.1 Å². The zero-order chi connectivity index (χ0) is 19.7. The fourth-order valence-corrected chi connectivity index (χ4v) is 3.84. The van der Waals surface area contributed by atoms with Crippen LogP contribution in [-0.2, 0) is 12.8 Å².